The van der Waals surface area contributed by atoms with Crippen molar-refractivity contribution < 1.29 is 18.3 Å². The van der Waals surface area contributed by atoms with Gasteiger partial charge in [-0.15, -0.1) is 0 Å². The molecule has 0 radical (unpaired) electrons. The highest BCUT2D eigenvalue weighted by molar-refractivity contribution is 7.89. The molecule has 0 spiro atoms. The van der Waals surface area contributed by atoms with Crippen LogP contribution in [-0.2, 0) is 21.3 Å². The Morgan fingerprint density at radius 3 is 2.25 bits per heavy atom. The highest BCUT2D eigenvalue weighted by Gasteiger charge is 2.28. The van der Waals surface area contributed by atoms with E-state index >= 15 is 0 Å². The number of sulfonamides is 1. The van der Waals surface area contributed by atoms with E-state index in [1.54, 1.807) is 38.4 Å². The molecule has 0 unspecified atom stereocenters. The van der Waals surface area contributed by atoms with E-state index in [1.165, 1.54) is 4.31 Å². The van der Waals surface area contributed by atoms with E-state index < -0.39 is 10.0 Å². The average molecular weight is 483 g/mol. The van der Waals surface area contributed by atoms with Gasteiger partial charge in [0.2, 0.25) is 10.0 Å². The Morgan fingerprint density at radius 2 is 1.69 bits per heavy atom. The van der Waals surface area contributed by atoms with Crippen molar-refractivity contribution in [2.45, 2.75) is 44.4 Å². The van der Waals surface area contributed by atoms with Gasteiger partial charge in [0, 0.05) is 44.9 Å². The van der Waals surface area contributed by atoms with Gasteiger partial charge < -0.3 is 9.84 Å². The number of ether oxygens (including phenoxy) is 1. The largest absolute Gasteiger partial charge is 0.395 e. The molecule has 2 rings (SSSR count). The number of nitrogens with zero attached hydrogens (tertiary/aromatic N) is 2. The molecule has 0 bridgehead atoms. The lowest BCUT2D eigenvalue weighted by Gasteiger charge is -2.34. The van der Waals surface area contributed by atoms with Crippen LogP contribution in [0.1, 0.15) is 25.0 Å². The van der Waals surface area contributed by atoms with Gasteiger partial charge in [0.05, 0.1) is 17.6 Å². The molecule has 0 aliphatic heterocycles. The zero-order valence-electron chi connectivity index (χ0n) is 19.5. The molecular formula is C24H35ClN2O4S. The second-order valence-corrected chi connectivity index (χ2v) is 10.9. The third-order valence-corrected chi connectivity index (χ3v) is 8.05. The summed E-state index contributed by atoms with van der Waals surface area (Å²) in [6, 6.07) is 14.4. The van der Waals surface area contributed by atoms with Gasteiger partial charge >= 0.3 is 0 Å². The third kappa shape index (κ3) is 7.01. The molecule has 0 saturated heterocycles. The number of halogens is 1. The van der Waals surface area contributed by atoms with Gasteiger partial charge in [-0.1, -0.05) is 54.4 Å². The summed E-state index contributed by atoms with van der Waals surface area (Å²) in [4.78, 5) is 2.41. The van der Waals surface area contributed by atoms with E-state index in [-0.39, 0.29) is 36.1 Å². The quantitative estimate of drug-likeness (QED) is 0.498. The van der Waals surface area contributed by atoms with Crippen molar-refractivity contribution in [3.05, 3.63) is 64.7 Å². The fraction of sp³-hybridized carbons (Fsp3) is 0.500. The van der Waals surface area contributed by atoms with Crippen LogP contribution in [0.4, 0.5) is 0 Å². The topological polar surface area (TPSA) is 70.1 Å². The number of methoxy groups -OCH3 is 1. The van der Waals surface area contributed by atoms with E-state index in [4.69, 9.17) is 16.3 Å². The SMILES string of the molecule is CO[C@@H](CN(C)S(=O)(=O)c1ccc(C)cc1)[C@H](C)CN(Cc1ccccc1Cl)[C@@H](C)CO. The highest BCUT2D eigenvalue weighted by Crippen LogP contribution is 2.22. The number of hydrogen-bond acceptors (Lipinski definition) is 5. The molecule has 8 heteroatoms. The van der Waals surface area contributed by atoms with Crippen molar-refractivity contribution in [1.82, 2.24) is 9.21 Å². The second kappa shape index (κ2) is 12.1. The maximum atomic E-state index is 13.0. The van der Waals surface area contributed by atoms with Crippen LogP contribution in [0.25, 0.3) is 0 Å². The van der Waals surface area contributed by atoms with Gasteiger partial charge in [-0.3, -0.25) is 4.90 Å². The van der Waals surface area contributed by atoms with Crippen LogP contribution >= 0.6 is 11.6 Å². The second-order valence-electron chi connectivity index (χ2n) is 8.40. The number of aliphatic hydroxyl groups excluding tert-OH is 1. The molecule has 178 valence electrons. The van der Waals surface area contributed by atoms with Crippen LogP contribution in [0.15, 0.2) is 53.4 Å². The zero-order valence-corrected chi connectivity index (χ0v) is 21.1. The van der Waals surface area contributed by atoms with Crippen molar-refractivity contribution in [3.8, 4) is 0 Å². The van der Waals surface area contributed by atoms with Crippen molar-refractivity contribution in [1.29, 1.82) is 0 Å². The van der Waals surface area contributed by atoms with Crippen molar-refractivity contribution in [3.63, 3.8) is 0 Å². The Bertz CT molecular complexity index is 953. The summed E-state index contributed by atoms with van der Waals surface area (Å²) in [7, 11) is -0.442. The molecular weight excluding hydrogens is 448 g/mol. The van der Waals surface area contributed by atoms with Gasteiger partial charge in [0.1, 0.15) is 0 Å². The van der Waals surface area contributed by atoms with Crippen LogP contribution in [0, 0.1) is 12.8 Å². The summed E-state index contributed by atoms with van der Waals surface area (Å²) in [5.41, 5.74) is 1.99. The molecule has 0 amide bonds. The van der Waals surface area contributed by atoms with E-state index in [1.807, 2.05) is 45.0 Å². The van der Waals surface area contributed by atoms with Crippen LogP contribution in [0.2, 0.25) is 5.02 Å². The lowest BCUT2D eigenvalue weighted by molar-refractivity contribution is 0.0194. The van der Waals surface area contributed by atoms with Gasteiger partial charge in [0.25, 0.3) is 0 Å². The summed E-state index contributed by atoms with van der Waals surface area (Å²) >= 11 is 6.34. The molecule has 2 aromatic rings. The number of benzene rings is 2. The minimum atomic E-state index is -3.62. The number of aryl methyl sites for hydroxylation is 1. The van der Waals surface area contributed by atoms with Gasteiger partial charge in [0.15, 0.2) is 0 Å². The zero-order chi connectivity index (χ0) is 23.9. The van der Waals surface area contributed by atoms with Gasteiger partial charge in [-0.25, -0.2) is 8.42 Å². The summed E-state index contributed by atoms with van der Waals surface area (Å²) in [5, 5.41) is 10.4. The van der Waals surface area contributed by atoms with E-state index in [0.717, 1.165) is 11.1 Å². The van der Waals surface area contributed by atoms with Crippen molar-refractivity contribution in [2.24, 2.45) is 5.92 Å². The Hall–Kier alpha value is -1.48. The Morgan fingerprint density at radius 1 is 1.06 bits per heavy atom. The number of hydrogen-bond donors (Lipinski definition) is 1. The normalized spacial score (nSPS) is 15.2. The first kappa shape index (κ1) is 26.8. The Kier molecular flexibility index (Phi) is 10.1. The summed E-state index contributed by atoms with van der Waals surface area (Å²) in [5.74, 6) is 0.00663. The maximum Gasteiger partial charge on any atom is 0.242 e. The molecule has 0 saturated carbocycles. The smallest absolute Gasteiger partial charge is 0.242 e. The third-order valence-electron chi connectivity index (χ3n) is 5.84. The minimum absolute atomic E-state index is 0.00663. The minimum Gasteiger partial charge on any atom is -0.395 e. The fourth-order valence-electron chi connectivity index (χ4n) is 3.58. The lowest BCUT2D eigenvalue weighted by Crippen LogP contribution is -2.44. The molecule has 32 heavy (non-hydrogen) atoms. The van der Waals surface area contributed by atoms with Gasteiger partial charge in [-0.2, -0.15) is 4.31 Å². The van der Waals surface area contributed by atoms with Crippen molar-refractivity contribution in [2.75, 3.05) is 33.9 Å². The molecule has 0 heterocycles. The van der Waals surface area contributed by atoms with E-state index in [2.05, 4.69) is 4.90 Å². The molecule has 2 aromatic carbocycles. The standard InChI is InChI=1S/C24H35ClN2O4S/c1-18-10-12-22(13-11-18)32(29,30)26(4)16-24(31-5)19(2)14-27(20(3)17-28)15-21-8-6-7-9-23(21)25/h6-13,19-20,24,28H,14-17H2,1-5H3/t19-,20+,24+/m1/s1. The summed E-state index contributed by atoms with van der Waals surface area (Å²) in [6.07, 6.45) is -0.320. The first-order chi connectivity index (χ1) is 15.1. The van der Waals surface area contributed by atoms with E-state index in [9.17, 15) is 13.5 Å². The van der Waals surface area contributed by atoms with Crippen LogP contribution in [0.5, 0.6) is 0 Å². The van der Waals surface area contributed by atoms with Crippen molar-refractivity contribution >= 4 is 21.6 Å². The molecule has 0 aliphatic rings. The first-order valence-corrected chi connectivity index (χ1v) is 12.6. The molecule has 6 nitrogen and oxygen atoms in total. The predicted octanol–water partition coefficient (Wildman–Crippen LogP) is 3.80. The number of likely N-dealkylation sites (N-methyl/N-ethyl adjacent to an activating group) is 1. The molecule has 1 N–H and O–H groups in total. The average Bonchev–Trinajstić information content (AvgIpc) is 2.77. The van der Waals surface area contributed by atoms with Crippen LogP contribution in [0.3, 0.4) is 0 Å². The first-order valence-electron chi connectivity index (χ1n) is 10.7. The lowest BCUT2D eigenvalue weighted by atomic mass is 10.0. The monoisotopic (exact) mass is 482 g/mol. The highest BCUT2D eigenvalue weighted by atomic mass is 35.5. The molecule has 0 aromatic heterocycles. The summed E-state index contributed by atoms with van der Waals surface area (Å²) < 4.78 is 33.0. The fourth-order valence-corrected chi connectivity index (χ4v) is 4.96. The molecule has 0 aliphatic carbocycles. The summed E-state index contributed by atoms with van der Waals surface area (Å²) in [6.45, 7) is 7.34. The number of rotatable bonds is 12. The van der Waals surface area contributed by atoms with Gasteiger partial charge in [-0.05, 0) is 43.5 Å². The molecule has 3 atom stereocenters. The Balaban J connectivity index is 2.12. The predicted molar refractivity (Wildman–Crippen MR) is 129 cm³/mol. The van der Waals surface area contributed by atoms with Crippen LogP contribution in [-0.4, -0.2) is 68.7 Å². The Labute approximate surface area is 197 Å². The van der Waals surface area contributed by atoms with E-state index in [0.29, 0.717) is 18.1 Å². The molecule has 0 fully saturated rings. The van der Waals surface area contributed by atoms with Crippen LogP contribution < -0.4 is 0 Å². The number of aliphatic hydroxyl groups is 1. The maximum absolute atomic E-state index is 13.0.